The molecule has 0 spiro atoms. The molecule has 0 atom stereocenters. The molecule has 0 saturated heterocycles. The smallest absolute Gasteiger partial charge is 0.380 e. The van der Waals surface area contributed by atoms with E-state index < -0.39 is 11.4 Å². The van der Waals surface area contributed by atoms with Gasteiger partial charge in [0, 0.05) is 6.61 Å². The van der Waals surface area contributed by atoms with Gasteiger partial charge >= 0.3 is 11.4 Å². The normalized spacial score (nSPS) is 11.3. The van der Waals surface area contributed by atoms with Crippen LogP contribution in [0, 0.1) is 5.92 Å². The van der Waals surface area contributed by atoms with E-state index in [0.717, 1.165) is 6.42 Å². The molecule has 0 fully saturated rings. The minimum absolute atomic E-state index is 0.376. The Labute approximate surface area is 116 Å². The molecule has 0 aliphatic carbocycles. The summed E-state index contributed by atoms with van der Waals surface area (Å²) in [5, 5.41) is 0.411. The zero-order chi connectivity index (χ0) is 14.5. The van der Waals surface area contributed by atoms with Crippen molar-refractivity contribution in [2.24, 2.45) is 5.92 Å². The lowest BCUT2D eigenvalue weighted by molar-refractivity contribution is 0.114. The van der Waals surface area contributed by atoms with Crippen LogP contribution in [-0.4, -0.2) is 17.8 Å². The zero-order valence-electron chi connectivity index (χ0n) is 11.8. The predicted molar refractivity (Wildman–Crippen MR) is 77.0 cm³/mol. The van der Waals surface area contributed by atoms with Crippen LogP contribution in [0.3, 0.4) is 0 Å². The van der Waals surface area contributed by atoms with Crippen LogP contribution in [0.2, 0.25) is 0 Å². The Balaban J connectivity index is 2.14. The highest BCUT2D eigenvalue weighted by atomic mass is 16.5. The van der Waals surface area contributed by atoms with Crippen molar-refractivity contribution in [3.8, 4) is 0 Å². The second kappa shape index (κ2) is 6.52. The van der Waals surface area contributed by atoms with Crippen LogP contribution >= 0.6 is 0 Å². The van der Waals surface area contributed by atoms with E-state index in [1.54, 1.807) is 24.3 Å². The van der Waals surface area contributed by atoms with Crippen LogP contribution in [0.5, 0.6) is 0 Å². The lowest BCUT2D eigenvalue weighted by atomic mass is 10.1. The Kier molecular flexibility index (Phi) is 4.74. The number of benzene rings is 1. The molecule has 108 valence electrons. The van der Waals surface area contributed by atoms with E-state index in [4.69, 9.17) is 9.15 Å². The number of hydrogen-bond donors (Lipinski definition) is 0. The van der Waals surface area contributed by atoms with Crippen LogP contribution in [0.15, 0.2) is 38.3 Å². The molecular weight excluding hydrogens is 258 g/mol. The molecule has 2 rings (SSSR count). The largest absolute Gasteiger partial charge is 0.422 e. The van der Waals surface area contributed by atoms with Crippen LogP contribution in [0.4, 0.5) is 0 Å². The standard InChI is InChI=1S/C15H19NO4/c1-11(2)7-9-19-10-8-16-13-6-4-3-5-12(13)14(17)20-15(16)18/h3-6,11H,7-10H2,1-2H3. The summed E-state index contributed by atoms with van der Waals surface area (Å²) in [6, 6.07) is 6.92. The summed E-state index contributed by atoms with van der Waals surface area (Å²) >= 11 is 0. The summed E-state index contributed by atoms with van der Waals surface area (Å²) in [6.07, 6.45) is 0.986. The van der Waals surface area contributed by atoms with E-state index in [-0.39, 0.29) is 0 Å². The van der Waals surface area contributed by atoms with E-state index in [1.807, 2.05) is 0 Å². The molecule has 0 bridgehead atoms. The van der Waals surface area contributed by atoms with Crippen molar-refractivity contribution < 1.29 is 9.15 Å². The van der Waals surface area contributed by atoms with E-state index in [0.29, 0.717) is 36.6 Å². The van der Waals surface area contributed by atoms with Crippen LogP contribution < -0.4 is 11.4 Å². The zero-order valence-corrected chi connectivity index (χ0v) is 11.8. The maximum Gasteiger partial charge on any atom is 0.422 e. The molecule has 0 N–H and O–H groups in total. The number of hydrogen-bond acceptors (Lipinski definition) is 4. The topological polar surface area (TPSA) is 61.4 Å². The molecule has 1 aromatic heterocycles. The van der Waals surface area contributed by atoms with Crippen molar-refractivity contribution >= 4 is 10.9 Å². The molecule has 0 aliphatic rings. The molecule has 2 aromatic rings. The van der Waals surface area contributed by atoms with Gasteiger partial charge in [0.2, 0.25) is 0 Å². The van der Waals surface area contributed by atoms with Gasteiger partial charge < -0.3 is 9.15 Å². The average Bonchev–Trinajstić information content (AvgIpc) is 2.41. The number of para-hydroxylation sites is 1. The quantitative estimate of drug-likeness (QED) is 0.758. The first-order valence-corrected chi connectivity index (χ1v) is 6.80. The molecule has 5 nitrogen and oxygen atoms in total. The Bertz CT molecular complexity index is 684. The molecule has 1 aromatic carbocycles. The van der Waals surface area contributed by atoms with E-state index in [2.05, 4.69) is 13.8 Å². The van der Waals surface area contributed by atoms with Crippen LogP contribution in [0.25, 0.3) is 10.9 Å². The summed E-state index contributed by atoms with van der Waals surface area (Å²) in [4.78, 5) is 23.4. The summed E-state index contributed by atoms with van der Waals surface area (Å²) < 4.78 is 11.7. The van der Waals surface area contributed by atoms with Gasteiger partial charge in [0.15, 0.2) is 0 Å². The van der Waals surface area contributed by atoms with Crippen LogP contribution in [0.1, 0.15) is 20.3 Å². The van der Waals surface area contributed by atoms with Gasteiger partial charge in [-0.1, -0.05) is 26.0 Å². The van der Waals surface area contributed by atoms with E-state index in [9.17, 15) is 9.59 Å². The molecular formula is C15H19NO4. The van der Waals surface area contributed by atoms with Crippen molar-refractivity contribution in [2.75, 3.05) is 13.2 Å². The fraction of sp³-hybridized carbons (Fsp3) is 0.467. The van der Waals surface area contributed by atoms with Gasteiger partial charge in [-0.25, -0.2) is 9.59 Å². The minimum Gasteiger partial charge on any atom is -0.380 e. The number of rotatable bonds is 6. The lowest BCUT2D eigenvalue weighted by Crippen LogP contribution is -2.26. The van der Waals surface area contributed by atoms with Gasteiger partial charge in [0.25, 0.3) is 0 Å². The van der Waals surface area contributed by atoms with Gasteiger partial charge in [-0.05, 0) is 24.5 Å². The van der Waals surface area contributed by atoms with E-state index >= 15 is 0 Å². The molecule has 1 heterocycles. The minimum atomic E-state index is -0.638. The third-order valence-corrected chi connectivity index (χ3v) is 3.11. The first-order chi connectivity index (χ1) is 9.59. The highest BCUT2D eigenvalue weighted by Crippen LogP contribution is 2.07. The summed E-state index contributed by atoms with van der Waals surface area (Å²) in [7, 11) is 0. The maximum atomic E-state index is 11.8. The van der Waals surface area contributed by atoms with Crippen LogP contribution in [-0.2, 0) is 11.3 Å². The third kappa shape index (κ3) is 3.36. The lowest BCUT2D eigenvalue weighted by Gasteiger charge is -2.09. The number of ether oxygens (including phenoxy) is 1. The number of aromatic nitrogens is 1. The van der Waals surface area contributed by atoms with Crippen molar-refractivity contribution in [1.29, 1.82) is 0 Å². The molecule has 5 heteroatoms. The number of fused-ring (bicyclic) bond motifs is 1. The highest BCUT2D eigenvalue weighted by Gasteiger charge is 2.08. The van der Waals surface area contributed by atoms with E-state index in [1.165, 1.54) is 4.57 Å². The predicted octanol–water partition coefficient (Wildman–Crippen LogP) is 2.02. The molecule has 0 unspecified atom stereocenters. The Morgan fingerprint density at radius 1 is 1.20 bits per heavy atom. The van der Waals surface area contributed by atoms with Gasteiger partial charge in [-0.2, -0.15) is 0 Å². The summed E-state index contributed by atoms with van der Waals surface area (Å²) in [5.74, 6) is -0.0468. The van der Waals surface area contributed by atoms with Crippen molar-refractivity contribution in [3.63, 3.8) is 0 Å². The molecule has 20 heavy (non-hydrogen) atoms. The summed E-state index contributed by atoms with van der Waals surface area (Å²) in [5.41, 5.74) is -0.0104. The van der Waals surface area contributed by atoms with Crippen molar-refractivity contribution in [2.45, 2.75) is 26.8 Å². The van der Waals surface area contributed by atoms with Gasteiger partial charge in [0.1, 0.15) is 0 Å². The van der Waals surface area contributed by atoms with Gasteiger partial charge in [-0.3, -0.25) is 4.57 Å². The van der Waals surface area contributed by atoms with Gasteiger partial charge in [0.05, 0.1) is 24.1 Å². The first-order valence-electron chi connectivity index (χ1n) is 6.80. The van der Waals surface area contributed by atoms with Gasteiger partial charge in [-0.15, -0.1) is 0 Å². The monoisotopic (exact) mass is 277 g/mol. The Hall–Kier alpha value is -1.88. The SMILES string of the molecule is CC(C)CCOCCn1c(=O)oc(=O)c2ccccc21. The highest BCUT2D eigenvalue weighted by molar-refractivity contribution is 5.77. The molecule has 0 radical (unpaired) electrons. The third-order valence-electron chi connectivity index (χ3n) is 3.11. The number of nitrogens with zero attached hydrogens (tertiary/aromatic N) is 1. The Morgan fingerprint density at radius 3 is 2.70 bits per heavy atom. The molecule has 0 amide bonds. The fourth-order valence-electron chi connectivity index (χ4n) is 1.96. The van der Waals surface area contributed by atoms with Crippen molar-refractivity contribution in [3.05, 3.63) is 45.2 Å². The average molecular weight is 277 g/mol. The molecule has 0 saturated carbocycles. The first kappa shape index (κ1) is 14.5. The molecule has 0 aliphatic heterocycles. The second-order valence-corrected chi connectivity index (χ2v) is 5.12. The summed E-state index contributed by atoms with van der Waals surface area (Å²) in [6.45, 7) is 5.73. The second-order valence-electron chi connectivity index (χ2n) is 5.12. The Morgan fingerprint density at radius 2 is 1.95 bits per heavy atom. The fourth-order valence-corrected chi connectivity index (χ4v) is 1.96. The maximum absolute atomic E-state index is 11.8. The van der Waals surface area contributed by atoms with Crippen molar-refractivity contribution in [1.82, 2.24) is 4.57 Å².